The number of hydrogen-bond acceptors (Lipinski definition) is 6. The molecule has 1 heterocycles. The van der Waals surface area contributed by atoms with Gasteiger partial charge in [0.25, 0.3) is 0 Å². The normalized spacial score (nSPS) is 11.5. The Labute approximate surface area is 99.9 Å². The van der Waals surface area contributed by atoms with Crippen LogP contribution in [-0.4, -0.2) is 52.8 Å². The van der Waals surface area contributed by atoms with E-state index in [9.17, 15) is 0 Å². The first-order chi connectivity index (χ1) is 8.19. The number of aliphatic hydroxyl groups is 3. The van der Waals surface area contributed by atoms with Gasteiger partial charge in [0.2, 0.25) is 5.88 Å². The number of pyridine rings is 1. The summed E-state index contributed by atoms with van der Waals surface area (Å²) in [5.74, 6) is 0.520. The molecule has 1 aromatic heterocycles. The van der Waals surface area contributed by atoms with Gasteiger partial charge in [-0.15, -0.1) is 0 Å². The van der Waals surface area contributed by atoms with Crippen LogP contribution in [0.3, 0.4) is 0 Å². The topological polar surface area (TPSA) is 94.8 Å². The quantitative estimate of drug-likeness (QED) is 0.484. The molecule has 4 N–H and O–H groups in total. The van der Waals surface area contributed by atoms with Gasteiger partial charge in [-0.25, -0.2) is 4.98 Å². The lowest BCUT2D eigenvalue weighted by molar-refractivity contribution is 0.0413. The largest absolute Gasteiger partial charge is 0.481 e. The van der Waals surface area contributed by atoms with Crippen LogP contribution in [0.1, 0.15) is 5.56 Å². The van der Waals surface area contributed by atoms with Crippen molar-refractivity contribution in [3.05, 3.63) is 23.9 Å². The third kappa shape index (κ3) is 3.64. The first-order valence-electron chi connectivity index (χ1n) is 5.26. The molecule has 0 radical (unpaired) electrons. The number of aliphatic hydroxyl groups excluding tert-OH is 3. The molecule has 0 aliphatic carbocycles. The molecule has 0 amide bonds. The van der Waals surface area contributed by atoms with E-state index in [0.717, 1.165) is 5.56 Å². The number of nitrogens with zero attached hydrogens (tertiary/aromatic N) is 1. The zero-order valence-electron chi connectivity index (χ0n) is 9.76. The summed E-state index contributed by atoms with van der Waals surface area (Å²) in [6, 6.07) is 3.53. The molecule has 0 fully saturated rings. The fraction of sp³-hybridized carbons (Fsp3) is 0.545. The number of ether oxygens (including phenoxy) is 1. The average molecular weight is 242 g/mol. The molecule has 0 bridgehead atoms. The van der Waals surface area contributed by atoms with E-state index in [-0.39, 0.29) is 19.8 Å². The van der Waals surface area contributed by atoms with Gasteiger partial charge in [0.05, 0.1) is 32.5 Å². The van der Waals surface area contributed by atoms with Gasteiger partial charge in [0, 0.05) is 18.8 Å². The lowest BCUT2D eigenvalue weighted by Crippen LogP contribution is -2.54. The van der Waals surface area contributed by atoms with Crippen LogP contribution in [0.4, 0.5) is 0 Å². The Morgan fingerprint density at radius 1 is 1.24 bits per heavy atom. The van der Waals surface area contributed by atoms with Crippen LogP contribution in [0.15, 0.2) is 18.3 Å². The summed E-state index contributed by atoms with van der Waals surface area (Å²) in [4.78, 5) is 4.03. The molecule has 0 aromatic carbocycles. The zero-order valence-corrected chi connectivity index (χ0v) is 9.76. The maximum Gasteiger partial charge on any atom is 0.212 e. The van der Waals surface area contributed by atoms with E-state index in [0.29, 0.717) is 12.4 Å². The van der Waals surface area contributed by atoms with Crippen LogP contribution in [0.2, 0.25) is 0 Å². The van der Waals surface area contributed by atoms with Crippen molar-refractivity contribution in [3.8, 4) is 5.88 Å². The minimum absolute atomic E-state index is 0.344. The molecule has 96 valence electrons. The van der Waals surface area contributed by atoms with Crippen molar-refractivity contribution in [2.45, 2.75) is 12.1 Å². The highest BCUT2D eigenvalue weighted by Gasteiger charge is 2.26. The number of nitrogens with one attached hydrogen (secondary N) is 1. The molecule has 0 unspecified atom stereocenters. The third-order valence-electron chi connectivity index (χ3n) is 2.58. The molecular formula is C11H18N2O4. The number of hydrogen-bond donors (Lipinski definition) is 4. The van der Waals surface area contributed by atoms with E-state index >= 15 is 0 Å². The SMILES string of the molecule is COc1ccc(CNC(CO)(CO)CO)cn1. The third-order valence-corrected chi connectivity index (χ3v) is 2.58. The number of aromatic nitrogens is 1. The van der Waals surface area contributed by atoms with Gasteiger partial charge in [-0.2, -0.15) is 0 Å². The van der Waals surface area contributed by atoms with Gasteiger partial charge >= 0.3 is 0 Å². The van der Waals surface area contributed by atoms with E-state index in [2.05, 4.69) is 10.3 Å². The van der Waals surface area contributed by atoms with Crippen LogP contribution in [-0.2, 0) is 6.54 Å². The molecule has 0 aliphatic rings. The predicted octanol–water partition coefficient (Wildman–Crippen LogP) is -1.10. The Bertz CT molecular complexity index is 316. The monoisotopic (exact) mass is 242 g/mol. The number of methoxy groups -OCH3 is 1. The Kier molecular flexibility index (Phi) is 5.30. The lowest BCUT2D eigenvalue weighted by Gasteiger charge is -2.28. The van der Waals surface area contributed by atoms with Crippen LogP contribution in [0.25, 0.3) is 0 Å². The van der Waals surface area contributed by atoms with Crippen molar-refractivity contribution in [3.63, 3.8) is 0 Å². The van der Waals surface area contributed by atoms with Crippen molar-refractivity contribution in [2.75, 3.05) is 26.9 Å². The second-order valence-electron chi connectivity index (χ2n) is 3.82. The molecule has 6 nitrogen and oxygen atoms in total. The van der Waals surface area contributed by atoms with Crippen LogP contribution >= 0.6 is 0 Å². The molecule has 0 saturated carbocycles. The summed E-state index contributed by atoms with van der Waals surface area (Å²) < 4.78 is 4.93. The zero-order chi connectivity index (χ0) is 12.7. The van der Waals surface area contributed by atoms with E-state index in [1.54, 1.807) is 12.3 Å². The second kappa shape index (κ2) is 6.51. The van der Waals surface area contributed by atoms with Gasteiger partial charge in [-0.3, -0.25) is 0 Å². The molecule has 0 atom stereocenters. The first kappa shape index (κ1) is 13.9. The Morgan fingerprint density at radius 3 is 2.29 bits per heavy atom. The summed E-state index contributed by atoms with van der Waals surface area (Å²) in [7, 11) is 1.54. The van der Waals surface area contributed by atoms with Crippen molar-refractivity contribution < 1.29 is 20.1 Å². The Hall–Kier alpha value is -1.21. The van der Waals surface area contributed by atoms with E-state index in [4.69, 9.17) is 20.1 Å². The maximum atomic E-state index is 9.12. The molecule has 1 aromatic rings. The van der Waals surface area contributed by atoms with Crippen molar-refractivity contribution in [1.82, 2.24) is 10.3 Å². The van der Waals surface area contributed by atoms with E-state index in [1.165, 1.54) is 7.11 Å². The van der Waals surface area contributed by atoms with Gasteiger partial charge in [0.1, 0.15) is 0 Å². The summed E-state index contributed by atoms with van der Waals surface area (Å²) >= 11 is 0. The Morgan fingerprint density at radius 2 is 1.88 bits per heavy atom. The molecule has 1 rings (SSSR count). The molecule has 17 heavy (non-hydrogen) atoms. The van der Waals surface area contributed by atoms with E-state index in [1.807, 2.05) is 6.07 Å². The standard InChI is InChI=1S/C11H18N2O4/c1-17-10-3-2-9(4-12-10)5-13-11(6-14,7-15)8-16/h2-4,13-16H,5-8H2,1H3. The summed E-state index contributed by atoms with van der Waals surface area (Å²) in [6.45, 7) is -0.643. The maximum absolute atomic E-state index is 9.12. The Balaban J connectivity index is 2.59. The summed E-state index contributed by atoms with van der Waals surface area (Å²) in [5.41, 5.74) is -0.203. The van der Waals surface area contributed by atoms with Gasteiger partial charge in [0.15, 0.2) is 0 Å². The van der Waals surface area contributed by atoms with Crippen molar-refractivity contribution in [2.24, 2.45) is 0 Å². The smallest absolute Gasteiger partial charge is 0.212 e. The highest BCUT2D eigenvalue weighted by atomic mass is 16.5. The second-order valence-corrected chi connectivity index (χ2v) is 3.82. The highest BCUT2D eigenvalue weighted by molar-refractivity contribution is 5.17. The average Bonchev–Trinajstić information content (AvgIpc) is 2.41. The molecular weight excluding hydrogens is 224 g/mol. The van der Waals surface area contributed by atoms with Gasteiger partial charge in [-0.05, 0) is 5.56 Å². The van der Waals surface area contributed by atoms with Crippen LogP contribution < -0.4 is 10.1 Å². The summed E-state index contributed by atoms with van der Waals surface area (Å²) in [5, 5.41) is 30.3. The van der Waals surface area contributed by atoms with Gasteiger partial charge < -0.3 is 25.4 Å². The fourth-order valence-electron chi connectivity index (χ4n) is 1.24. The van der Waals surface area contributed by atoms with Crippen LogP contribution in [0.5, 0.6) is 5.88 Å². The fourth-order valence-corrected chi connectivity index (χ4v) is 1.24. The first-order valence-corrected chi connectivity index (χ1v) is 5.26. The molecule has 0 saturated heterocycles. The molecule has 6 heteroatoms. The minimum Gasteiger partial charge on any atom is -0.481 e. The van der Waals surface area contributed by atoms with Gasteiger partial charge in [-0.1, -0.05) is 6.07 Å². The number of rotatable bonds is 7. The minimum atomic E-state index is -1.07. The summed E-state index contributed by atoms with van der Waals surface area (Å²) in [6.07, 6.45) is 1.63. The predicted molar refractivity (Wildman–Crippen MR) is 61.6 cm³/mol. The lowest BCUT2D eigenvalue weighted by atomic mass is 10.0. The highest BCUT2D eigenvalue weighted by Crippen LogP contribution is 2.08. The molecule has 0 aliphatic heterocycles. The van der Waals surface area contributed by atoms with Crippen molar-refractivity contribution in [1.29, 1.82) is 0 Å². The molecule has 0 spiro atoms. The van der Waals surface area contributed by atoms with E-state index < -0.39 is 5.54 Å². The van der Waals surface area contributed by atoms with Crippen LogP contribution in [0, 0.1) is 0 Å². The van der Waals surface area contributed by atoms with Crippen molar-refractivity contribution >= 4 is 0 Å².